The highest BCUT2D eigenvalue weighted by atomic mass is 35.5. The van der Waals surface area contributed by atoms with E-state index in [0.29, 0.717) is 6.04 Å². The molecule has 0 aliphatic carbocycles. The SMILES string of the molecule is Cl.Cl.Cn1cc(C2CCCCN2)nn1. The average Bonchev–Trinajstić information content (AvgIpc) is 2.54. The van der Waals surface area contributed by atoms with Crippen LogP contribution in [0.5, 0.6) is 0 Å². The zero-order valence-electron chi connectivity index (χ0n) is 8.14. The standard InChI is InChI=1S/C8H14N4.2ClH/c1-12-6-8(10-11-12)7-4-2-3-5-9-7;;/h6-7,9H,2-5H2,1H3;2*1H. The molecular formula is C8H16Cl2N4. The molecule has 1 saturated heterocycles. The van der Waals surface area contributed by atoms with E-state index in [-0.39, 0.29) is 24.8 Å². The van der Waals surface area contributed by atoms with Crippen LogP contribution in [0.25, 0.3) is 0 Å². The first-order chi connectivity index (χ1) is 5.86. The maximum atomic E-state index is 4.09. The van der Waals surface area contributed by atoms with E-state index >= 15 is 0 Å². The second-order valence-electron chi connectivity index (χ2n) is 3.32. The molecule has 2 heterocycles. The second kappa shape index (κ2) is 6.22. The lowest BCUT2D eigenvalue weighted by Gasteiger charge is -2.20. The van der Waals surface area contributed by atoms with Crippen molar-refractivity contribution in [1.29, 1.82) is 0 Å². The number of aromatic nitrogens is 3. The molecule has 4 nitrogen and oxygen atoms in total. The van der Waals surface area contributed by atoms with Crippen molar-refractivity contribution < 1.29 is 0 Å². The highest BCUT2D eigenvalue weighted by Crippen LogP contribution is 2.19. The van der Waals surface area contributed by atoms with Gasteiger partial charge in [0.25, 0.3) is 0 Å². The van der Waals surface area contributed by atoms with E-state index < -0.39 is 0 Å². The number of halogens is 2. The van der Waals surface area contributed by atoms with Crippen LogP contribution in [0.3, 0.4) is 0 Å². The van der Waals surface area contributed by atoms with Gasteiger partial charge in [-0.15, -0.1) is 29.9 Å². The first-order valence-electron chi connectivity index (χ1n) is 4.46. The molecule has 1 N–H and O–H groups in total. The molecule has 1 aromatic heterocycles. The molecule has 0 amide bonds. The lowest BCUT2D eigenvalue weighted by molar-refractivity contribution is 0.405. The highest BCUT2D eigenvalue weighted by molar-refractivity contribution is 5.85. The van der Waals surface area contributed by atoms with Crippen molar-refractivity contribution in [2.45, 2.75) is 25.3 Å². The molecule has 0 radical (unpaired) electrons. The quantitative estimate of drug-likeness (QED) is 0.807. The van der Waals surface area contributed by atoms with Crippen molar-refractivity contribution in [3.63, 3.8) is 0 Å². The predicted molar refractivity (Wildman–Crippen MR) is 60.1 cm³/mol. The Morgan fingerprint density at radius 2 is 2.21 bits per heavy atom. The molecule has 2 rings (SSSR count). The van der Waals surface area contributed by atoms with Crippen molar-refractivity contribution >= 4 is 24.8 Å². The fourth-order valence-electron chi connectivity index (χ4n) is 1.63. The van der Waals surface area contributed by atoms with Gasteiger partial charge in [-0.3, -0.25) is 4.68 Å². The summed E-state index contributed by atoms with van der Waals surface area (Å²) >= 11 is 0. The summed E-state index contributed by atoms with van der Waals surface area (Å²) in [7, 11) is 1.90. The van der Waals surface area contributed by atoms with Gasteiger partial charge in [0, 0.05) is 13.2 Å². The number of nitrogens with one attached hydrogen (secondary N) is 1. The third-order valence-electron chi connectivity index (χ3n) is 2.29. The van der Waals surface area contributed by atoms with Gasteiger partial charge in [0.1, 0.15) is 0 Å². The van der Waals surface area contributed by atoms with Crippen molar-refractivity contribution in [3.8, 4) is 0 Å². The molecule has 6 heteroatoms. The van der Waals surface area contributed by atoms with Crippen LogP contribution in [-0.2, 0) is 7.05 Å². The van der Waals surface area contributed by atoms with E-state index in [4.69, 9.17) is 0 Å². The summed E-state index contributed by atoms with van der Waals surface area (Å²) in [6.07, 6.45) is 5.77. The third kappa shape index (κ3) is 3.12. The zero-order valence-corrected chi connectivity index (χ0v) is 9.77. The Kier molecular flexibility index (Phi) is 6.08. The summed E-state index contributed by atoms with van der Waals surface area (Å²) in [6.45, 7) is 1.11. The molecule has 1 fully saturated rings. The van der Waals surface area contributed by atoms with Gasteiger partial charge < -0.3 is 5.32 Å². The summed E-state index contributed by atoms with van der Waals surface area (Å²) in [5.41, 5.74) is 1.08. The topological polar surface area (TPSA) is 42.7 Å². The van der Waals surface area contributed by atoms with E-state index in [9.17, 15) is 0 Å². The molecule has 1 aliphatic rings. The average molecular weight is 239 g/mol. The van der Waals surface area contributed by atoms with Crippen molar-refractivity contribution in [2.75, 3.05) is 6.54 Å². The Morgan fingerprint density at radius 3 is 2.71 bits per heavy atom. The number of piperidine rings is 1. The Hall–Kier alpha value is -0.320. The number of nitrogens with zero attached hydrogens (tertiary/aromatic N) is 3. The van der Waals surface area contributed by atoms with E-state index in [1.807, 2.05) is 13.2 Å². The first-order valence-corrected chi connectivity index (χ1v) is 4.46. The van der Waals surface area contributed by atoms with E-state index in [0.717, 1.165) is 12.2 Å². The molecule has 1 aliphatic heterocycles. The van der Waals surface area contributed by atoms with Gasteiger partial charge in [-0.25, -0.2) is 0 Å². The monoisotopic (exact) mass is 238 g/mol. The van der Waals surface area contributed by atoms with Gasteiger partial charge in [0.2, 0.25) is 0 Å². The largest absolute Gasteiger partial charge is 0.309 e. The predicted octanol–water partition coefficient (Wildman–Crippen LogP) is 1.47. The van der Waals surface area contributed by atoms with Crippen LogP contribution >= 0.6 is 24.8 Å². The smallest absolute Gasteiger partial charge is 0.0996 e. The van der Waals surface area contributed by atoms with Crippen molar-refractivity contribution in [3.05, 3.63) is 11.9 Å². The zero-order chi connectivity index (χ0) is 8.39. The van der Waals surface area contributed by atoms with Crippen LogP contribution in [0.4, 0.5) is 0 Å². The van der Waals surface area contributed by atoms with Crippen LogP contribution in [0.1, 0.15) is 31.0 Å². The minimum Gasteiger partial charge on any atom is -0.309 e. The van der Waals surface area contributed by atoms with Crippen LogP contribution in [0.2, 0.25) is 0 Å². The Labute approximate surface area is 96.3 Å². The maximum Gasteiger partial charge on any atom is 0.0996 e. The van der Waals surface area contributed by atoms with Gasteiger partial charge in [0.05, 0.1) is 11.7 Å². The Bertz CT molecular complexity index is 258. The van der Waals surface area contributed by atoms with Crippen LogP contribution in [0.15, 0.2) is 6.20 Å². The van der Waals surface area contributed by atoms with E-state index in [2.05, 4.69) is 15.6 Å². The molecule has 14 heavy (non-hydrogen) atoms. The molecule has 82 valence electrons. The Morgan fingerprint density at radius 1 is 1.43 bits per heavy atom. The number of aryl methyl sites for hydroxylation is 1. The fourth-order valence-corrected chi connectivity index (χ4v) is 1.63. The fraction of sp³-hybridized carbons (Fsp3) is 0.750. The summed E-state index contributed by atoms with van der Waals surface area (Å²) in [6, 6.07) is 0.437. The van der Waals surface area contributed by atoms with Gasteiger partial charge in [-0.2, -0.15) is 0 Å². The molecule has 0 saturated carbocycles. The van der Waals surface area contributed by atoms with E-state index in [1.54, 1.807) is 4.68 Å². The van der Waals surface area contributed by atoms with Gasteiger partial charge >= 0.3 is 0 Å². The molecule has 1 atom stereocenters. The lowest BCUT2D eigenvalue weighted by Crippen LogP contribution is -2.26. The molecule has 0 bridgehead atoms. The van der Waals surface area contributed by atoms with Crippen LogP contribution < -0.4 is 5.32 Å². The van der Waals surface area contributed by atoms with Crippen LogP contribution in [-0.4, -0.2) is 21.5 Å². The van der Waals surface area contributed by atoms with Crippen LogP contribution in [0, 0.1) is 0 Å². The summed E-state index contributed by atoms with van der Waals surface area (Å²) in [4.78, 5) is 0. The molecular weight excluding hydrogens is 223 g/mol. The second-order valence-corrected chi connectivity index (χ2v) is 3.32. The normalized spacial score (nSPS) is 20.8. The van der Waals surface area contributed by atoms with Gasteiger partial charge in [-0.1, -0.05) is 11.6 Å². The number of hydrogen-bond donors (Lipinski definition) is 1. The number of rotatable bonds is 1. The van der Waals surface area contributed by atoms with Crippen molar-refractivity contribution in [2.24, 2.45) is 7.05 Å². The molecule has 1 aromatic rings. The Balaban J connectivity index is 0.000000845. The van der Waals surface area contributed by atoms with E-state index in [1.165, 1.54) is 19.3 Å². The highest BCUT2D eigenvalue weighted by Gasteiger charge is 2.16. The van der Waals surface area contributed by atoms with Gasteiger partial charge in [0.15, 0.2) is 0 Å². The summed E-state index contributed by atoms with van der Waals surface area (Å²) < 4.78 is 1.76. The van der Waals surface area contributed by atoms with Crippen molar-refractivity contribution in [1.82, 2.24) is 20.3 Å². The first kappa shape index (κ1) is 13.7. The number of hydrogen-bond acceptors (Lipinski definition) is 3. The lowest BCUT2D eigenvalue weighted by atomic mass is 10.0. The summed E-state index contributed by atoms with van der Waals surface area (Å²) in [5.74, 6) is 0. The molecule has 0 spiro atoms. The maximum absolute atomic E-state index is 4.09. The van der Waals surface area contributed by atoms with Gasteiger partial charge in [-0.05, 0) is 19.4 Å². The molecule has 1 unspecified atom stereocenters. The molecule has 0 aromatic carbocycles. The third-order valence-corrected chi connectivity index (χ3v) is 2.29. The minimum atomic E-state index is 0. The minimum absolute atomic E-state index is 0. The summed E-state index contributed by atoms with van der Waals surface area (Å²) in [5, 5.41) is 11.4.